The fraction of sp³-hybridized carbons (Fsp3) is 0.200. The van der Waals surface area contributed by atoms with Crippen molar-refractivity contribution >= 4 is 22.2 Å². The quantitative estimate of drug-likeness (QED) is 0.805. The van der Waals surface area contributed by atoms with Crippen molar-refractivity contribution in [2.75, 3.05) is 0 Å². The van der Waals surface area contributed by atoms with Gasteiger partial charge in [0, 0.05) is 23.7 Å². The van der Waals surface area contributed by atoms with Crippen molar-refractivity contribution in [3.63, 3.8) is 0 Å². The molecule has 2 heterocycles. The lowest BCUT2D eigenvalue weighted by Gasteiger charge is -2.06. The monoisotopic (exact) mass is 321 g/mol. The Morgan fingerprint density at radius 1 is 1.27 bits per heavy atom. The van der Waals surface area contributed by atoms with Crippen molar-refractivity contribution < 1.29 is 13.6 Å². The first-order valence-corrected chi connectivity index (χ1v) is 7.44. The van der Waals surface area contributed by atoms with Gasteiger partial charge in [0.15, 0.2) is 4.96 Å². The lowest BCUT2D eigenvalue weighted by atomic mass is 10.2. The molecular weight excluding hydrogens is 308 g/mol. The zero-order valence-corrected chi connectivity index (χ0v) is 12.8. The standard InChI is InChI=1S/C15H13F2N3OS/c1-8-7-20-13(9(2)19-15(20)22-8)14(21)18-6-10-3-11(16)5-12(17)4-10/h3-5,7H,6H2,1-2H3,(H,18,21). The van der Waals surface area contributed by atoms with Crippen molar-refractivity contribution in [2.45, 2.75) is 20.4 Å². The lowest BCUT2D eigenvalue weighted by molar-refractivity contribution is 0.0944. The highest BCUT2D eigenvalue weighted by Gasteiger charge is 2.18. The third-order valence-electron chi connectivity index (χ3n) is 3.21. The van der Waals surface area contributed by atoms with Crippen LogP contribution in [0.15, 0.2) is 24.4 Å². The third-order valence-corrected chi connectivity index (χ3v) is 4.10. The van der Waals surface area contributed by atoms with Crippen molar-refractivity contribution in [3.05, 3.63) is 57.9 Å². The van der Waals surface area contributed by atoms with Gasteiger partial charge in [-0.15, -0.1) is 11.3 Å². The minimum Gasteiger partial charge on any atom is -0.347 e. The molecule has 1 aromatic carbocycles. The first-order valence-electron chi connectivity index (χ1n) is 6.62. The number of aryl methyl sites for hydroxylation is 2. The molecule has 2 aromatic heterocycles. The molecule has 0 aliphatic rings. The van der Waals surface area contributed by atoms with E-state index in [0.29, 0.717) is 17.0 Å². The Morgan fingerprint density at radius 2 is 1.95 bits per heavy atom. The van der Waals surface area contributed by atoms with Crippen LogP contribution in [-0.4, -0.2) is 15.3 Å². The van der Waals surface area contributed by atoms with Crippen LogP contribution in [0.25, 0.3) is 4.96 Å². The highest BCUT2D eigenvalue weighted by Crippen LogP contribution is 2.20. The number of carbonyl (C=O) groups is 1. The van der Waals surface area contributed by atoms with E-state index in [0.717, 1.165) is 15.9 Å². The number of benzene rings is 1. The van der Waals surface area contributed by atoms with Gasteiger partial charge in [0.2, 0.25) is 0 Å². The lowest BCUT2D eigenvalue weighted by Crippen LogP contribution is -2.25. The van der Waals surface area contributed by atoms with E-state index < -0.39 is 11.6 Å². The molecule has 3 aromatic rings. The topological polar surface area (TPSA) is 46.4 Å². The summed E-state index contributed by atoms with van der Waals surface area (Å²) in [5.74, 6) is -1.66. The average molecular weight is 321 g/mol. The number of amides is 1. The first kappa shape index (κ1) is 14.6. The van der Waals surface area contributed by atoms with E-state index in [-0.39, 0.29) is 12.5 Å². The summed E-state index contributed by atoms with van der Waals surface area (Å²) < 4.78 is 28.0. The Morgan fingerprint density at radius 3 is 2.64 bits per heavy atom. The summed E-state index contributed by atoms with van der Waals surface area (Å²) in [6, 6.07) is 3.18. The van der Waals surface area contributed by atoms with Crippen LogP contribution in [0.3, 0.4) is 0 Å². The van der Waals surface area contributed by atoms with Gasteiger partial charge in [-0.25, -0.2) is 13.8 Å². The molecule has 114 valence electrons. The Balaban J connectivity index is 1.82. The number of fused-ring (bicyclic) bond motifs is 1. The molecule has 1 amide bonds. The summed E-state index contributed by atoms with van der Waals surface area (Å²) in [7, 11) is 0. The van der Waals surface area contributed by atoms with E-state index in [9.17, 15) is 13.6 Å². The highest BCUT2D eigenvalue weighted by molar-refractivity contribution is 7.17. The number of nitrogens with zero attached hydrogens (tertiary/aromatic N) is 2. The van der Waals surface area contributed by atoms with E-state index in [2.05, 4.69) is 10.3 Å². The molecule has 0 bridgehead atoms. The second kappa shape index (κ2) is 5.49. The zero-order valence-electron chi connectivity index (χ0n) is 12.0. The fourth-order valence-corrected chi connectivity index (χ4v) is 3.19. The van der Waals surface area contributed by atoms with Crippen molar-refractivity contribution in [1.29, 1.82) is 0 Å². The largest absolute Gasteiger partial charge is 0.347 e. The van der Waals surface area contributed by atoms with Gasteiger partial charge in [0.1, 0.15) is 17.3 Å². The van der Waals surface area contributed by atoms with Gasteiger partial charge in [0.05, 0.1) is 5.69 Å². The number of hydrogen-bond acceptors (Lipinski definition) is 3. The number of nitrogens with one attached hydrogen (secondary N) is 1. The second-order valence-corrected chi connectivity index (χ2v) is 6.21. The molecular formula is C15H13F2N3OS. The van der Waals surface area contributed by atoms with Crippen LogP contribution >= 0.6 is 11.3 Å². The van der Waals surface area contributed by atoms with Crippen LogP contribution in [0.4, 0.5) is 8.78 Å². The number of hydrogen-bond donors (Lipinski definition) is 1. The van der Waals surface area contributed by atoms with E-state index in [4.69, 9.17) is 0 Å². The van der Waals surface area contributed by atoms with Gasteiger partial charge in [-0.1, -0.05) is 0 Å². The Hall–Kier alpha value is -2.28. The highest BCUT2D eigenvalue weighted by atomic mass is 32.1. The number of rotatable bonds is 3. The molecule has 0 atom stereocenters. The maximum Gasteiger partial charge on any atom is 0.270 e. The number of halogens is 2. The summed E-state index contributed by atoms with van der Waals surface area (Å²) in [6.45, 7) is 3.74. The number of carbonyl (C=O) groups excluding carboxylic acids is 1. The minimum atomic E-state index is -0.666. The van der Waals surface area contributed by atoms with Crippen LogP contribution in [0.1, 0.15) is 26.6 Å². The van der Waals surface area contributed by atoms with Gasteiger partial charge in [-0.05, 0) is 31.5 Å². The maximum absolute atomic E-state index is 13.1. The Labute approximate surface area is 129 Å². The average Bonchev–Trinajstić information content (AvgIpc) is 2.89. The van der Waals surface area contributed by atoms with Crippen LogP contribution in [0, 0.1) is 25.5 Å². The van der Waals surface area contributed by atoms with E-state index in [1.165, 1.54) is 23.5 Å². The summed E-state index contributed by atoms with van der Waals surface area (Å²) >= 11 is 1.50. The van der Waals surface area contributed by atoms with Crippen LogP contribution in [-0.2, 0) is 6.54 Å². The molecule has 0 unspecified atom stereocenters. The van der Waals surface area contributed by atoms with Crippen LogP contribution in [0.5, 0.6) is 0 Å². The molecule has 0 radical (unpaired) electrons. The second-order valence-electron chi connectivity index (χ2n) is 5.00. The van der Waals surface area contributed by atoms with Gasteiger partial charge in [-0.2, -0.15) is 0 Å². The summed E-state index contributed by atoms with van der Waals surface area (Å²) in [6.07, 6.45) is 1.84. The third kappa shape index (κ3) is 2.71. The first-order chi connectivity index (χ1) is 10.4. The molecule has 0 aliphatic heterocycles. The van der Waals surface area contributed by atoms with Gasteiger partial charge in [0.25, 0.3) is 5.91 Å². The number of thiazole rings is 1. The molecule has 0 fully saturated rings. The van der Waals surface area contributed by atoms with Crippen molar-refractivity contribution in [3.8, 4) is 0 Å². The fourth-order valence-electron chi connectivity index (χ4n) is 2.32. The predicted octanol–water partition coefficient (Wildman–Crippen LogP) is 3.22. The van der Waals surface area contributed by atoms with E-state index >= 15 is 0 Å². The van der Waals surface area contributed by atoms with Crippen molar-refractivity contribution in [1.82, 2.24) is 14.7 Å². The normalized spacial score (nSPS) is 11.1. The van der Waals surface area contributed by atoms with E-state index in [1.807, 2.05) is 13.1 Å². The Bertz CT molecular complexity index is 849. The molecule has 0 saturated heterocycles. The summed E-state index contributed by atoms with van der Waals surface area (Å²) in [5.41, 5.74) is 1.43. The molecule has 4 nitrogen and oxygen atoms in total. The SMILES string of the molecule is Cc1cn2c(C(=O)NCc3cc(F)cc(F)c3)c(C)nc2s1. The molecule has 0 spiro atoms. The molecule has 1 N–H and O–H groups in total. The predicted molar refractivity (Wildman–Crippen MR) is 80.1 cm³/mol. The van der Waals surface area contributed by atoms with Crippen LogP contribution in [0.2, 0.25) is 0 Å². The van der Waals surface area contributed by atoms with Gasteiger partial charge in [-0.3, -0.25) is 9.20 Å². The Kier molecular flexibility index (Phi) is 3.66. The summed E-state index contributed by atoms with van der Waals surface area (Å²) in [5, 5.41) is 2.67. The van der Waals surface area contributed by atoms with E-state index in [1.54, 1.807) is 11.3 Å². The van der Waals surface area contributed by atoms with Gasteiger partial charge >= 0.3 is 0 Å². The number of aromatic nitrogens is 2. The molecule has 7 heteroatoms. The molecule has 0 saturated carbocycles. The van der Waals surface area contributed by atoms with Gasteiger partial charge < -0.3 is 5.32 Å². The molecule has 3 rings (SSSR count). The molecule has 22 heavy (non-hydrogen) atoms. The molecule has 0 aliphatic carbocycles. The van der Waals surface area contributed by atoms with Crippen LogP contribution < -0.4 is 5.32 Å². The number of imidazole rings is 1. The zero-order chi connectivity index (χ0) is 15.9. The maximum atomic E-state index is 13.1. The van der Waals surface area contributed by atoms with Crippen molar-refractivity contribution in [2.24, 2.45) is 0 Å². The summed E-state index contributed by atoms with van der Waals surface area (Å²) in [4.78, 5) is 18.5. The smallest absolute Gasteiger partial charge is 0.270 e. The minimum absolute atomic E-state index is 0.0449.